The molecule has 2 N–H and O–H groups in total. The third-order valence-electron chi connectivity index (χ3n) is 3.36. The van der Waals surface area contributed by atoms with Crippen molar-refractivity contribution in [3.05, 3.63) is 32.9 Å². The van der Waals surface area contributed by atoms with Gasteiger partial charge < -0.3 is 10.5 Å². The Morgan fingerprint density at radius 1 is 1.45 bits per heavy atom. The van der Waals surface area contributed by atoms with Crippen molar-refractivity contribution in [2.45, 2.75) is 24.7 Å². The Hall–Kier alpha value is -1.62. The molecule has 0 radical (unpaired) electrons. The van der Waals surface area contributed by atoms with Gasteiger partial charge in [-0.25, -0.2) is 0 Å². The fourth-order valence-corrected chi connectivity index (χ4v) is 3.12. The van der Waals surface area contributed by atoms with E-state index in [0.29, 0.717) is 5.56 Å². The van der Waals surface area contributed by atoms with Gasteiger partial charge in [-0.3, -0.25) is 9.59 Å². The highest BCUT2D eigenvalue weighted by atomic mass is 127. The molecule has 1 aromatic carbocycles. The summed E-state index contributed by atoms with van der Waals surface area (Å²) in [5.41, 5.74) is 5.91. The lowest BCUT2D eigenvalue weighted by atomic mass is 9.95. The molecular weight excluding hydrogens is 371 g/mol. The minimum atomic E-state index is -0.609. The van der Waals surface area contributed by atoms with Crippen LogP contribution in [0.4, 0.5) is 0 Å². The van der Waals surface area contributed by atoms with Crippen LogP contribution in [0.15, 0.2) is 18.2 Å². The predicted molar refractivity (Wildman–Crippen MR) is 79.8 cm³/mol. The van der Waals surface area contributed by atoms with Gasteiger partial charge in [0.25, 0.3) is 0 Å². The molecule has 104 valence electrons. The summed E-state index contributed by atoms with van der Waals surface area (Å²) in [4.78, 5) is 23.3. The Kier molecular flexibility index (Phi) is 4.28. The Morgan fingerprint density at radius 2 is 2.15 bits per heavy atom. The van der Waals surface area contributed by atoms with Crippen LogP contribution < -0.4 is 5.73 Å². The zero-order chi connectivity index (χ0) is 14.8. The van der Waals surface area contributed by atoms with Gasteiger partial charge in [-0.1, -0.05) is 6.07 Å². The van der Waals surface area contributed by atoms with Crippen molar-refractivity contribution in [2.24, 2.45) is 5.73 Å². The molecule has 20 heavy (non-hydrogen) atoms. The highest BCUT2D eigenvalue weighted by Crippen LogP contribution is 2.50. The molecule has 5 nitrogen and oxygen atoms in total. The Labute approximate surface area is 130 Å². The van der Waals surface area contributed by atoms with Crippen molar-refractivity contribution in [1.82, 2.24) is 0 Å². The first kappa shape index (κ1) is 14.8. The third-order valence-corrected chi connectivity index (χ3v) is 4.25. The Bertz CT molecular complexity index is 603. The number of rotatable bonds is 5. The molecule has 0 aromatic heterocycles. The van der Waals surface area contributed by atoms with E-state index >= 15 is 0 Å². The number of nitriles is 1. The zero-order valence-corrected chi connectivity index (χ0v) is 12.8. The first-order chi connectivity index (χ1) is 9.51. The number of hydrogen-bond acceptors (Lipinski definition) is 4. The number of primary amides is 1. The third kappa shape index (κ3) is 2.77. The minimum absolute atomic E-state index is 0.118. The average molecular weight is 384 g/mol. The maximum Gasteiger partial charge on any atom is 0.316 e. The molecule has 6 heteroatoms. The molecule has 0 aliphatic heterocycles. The minimum Gasteiger partial charge on any atom is -0.464 e. The van der Waals surface area contributed by atoms with Crippen LogP contribution in [0.3, 0.4) is 0 Å². The molecule has 0 bridgehead atoms. The molecular formula is C14H13IN2O3. The van der Waals surface area contributed by atoms with Crippen LogP contribution in [0, 0.1) is 14.9 Å². The summed E-state index contributed by atoms with van der Waals surface area (Å²) in [6, 6.07) is 7.01. The summed E-state index contributed by atoms with van der Waals surface area (Å²) >= 11 is 2.10. The maximum atomic E-state index is 12.1. The summed E-state index contributed by atoms with van der Waals surface area (Å²) in [5.74, 6) is -0.784. The smallest absolute Gasteiger partial charge is 0.316 e. The number of nitrogens with zero attached hydrogens (tertiary/aromatic N) is 1. The zero-order valence-electron chi connectivity index (χ0n) is 10.7. The quantitative estimate of drug-likeness (QED) is 0.477. The highest BCUT2D eigenvalue weighted by molar-refractivity contribution is 14.1. The number of amides is 1. The van der Waals surface area contributed by atoms with Gasteiger partial charge in [0.05, 0.1) is 17.9 Å². The van der Waals surface area contributed by atoms with Crippen molar-refractivity contribution in [3.63, 3.8) is 0 Å². The van der Waals surface area contributed by atoms with Crippen LogP contribution in [0.25, 0.3) is 0 Å². The normalized spacial score (nSPS) is 15.2. The standard InChI is InChI=1S/C14H13IN2O3/c15-11-8-9(12(17)18)2-3-10(11)14(4-5-14)13(19)20-7-1-6-16/h2-3,8H,1,4-5,7H2,(H2,17,18). The molecule has 0 unspecified atom stereocenters. The molecule has 1 saturated carbocycles. The van der Waals surface area contributed by atoms with Gasteiger partial charge in [0.1, 0.15) is 6.61 Å². The number of carbonyl (C=O) groups is 2. The molecule has 1 fully saturated rings. The maximum absolute atomic E-state index is 12.1. The SMILES string of the molecule is N#CCCOC(=O)C1(c2ccc(C(N)=O)cc2I)CC1. The van der Waals surface area contributed by atoms with Gasteiger partial charge in [-0.05, 0) is 53.1 Å². The average Bonchev–Trinajstić information content (AvgIpc) is 3.20. The predicted octanol–water partition coefficient (Wildman–Crippen LogP) is 1.88. The van der Waals surface area contributed by atoms with Crippen molar-refractivity contribution in [2.75, 3.05) is 6.61 Å². The summed E-state index contributed by atoms with van der Waals surface area (Å²) < 4.78 is 5.97. The number of hydrogen-bond donors (Lipinski definition) is 1. The van der Waals surface area contributed by atoms with Crippen LogP contribution in [0.2, 0.25) is 0 Å². The van der Waals surface area contributed by atoms with E-state index in [4.69, 9.17) is 15.7 Å². The van der Waals surface area contributed by atoms with Gasteiger partial charge >= 0.3 is 5.97 Å². The number of benzene rings is 1. The molecule has 1 aliphatic rings. The molecule has 1 amide bonds. The van der Waals surface area contributed by atoms with E-state index in [2.05, 4.69) is 22.6 Å². The second kappa shape index (κ2) is 5.79. The number of halogens is 1. The Balaban J connectivity index is 2.20. The second-order valence-corrected chi connectivity index (χ2v) is 5.85. The molecule has 0 saturated heterocycles. The molecule has 0 spiro atoms. The van der Waals surface area contributed by atoms with Gasteiger partial charge in [0.15, 0.2) is 0 Å². The molecule has 1 aliphatic carbocycles. The highest BCUT2D eigenvalue weighted by Gasteiger charge is 2.53. The van der Waals surface area contributed by atoms with Crippen molar-refractivity contribution in [1.29, 1.82) is 5.26 Å². The van der Waals surface area contributed by atoms with E-state index in [1.807, 2.05) is 6.07 Å². The lowest BCUT2D eigenvalue weighted by molar-refractivity contribution is -0.146. The van der Waals surface area contributed by atoms with Gasteiger partial charge in [0, 0.05) is 9.13 Å². The van der Waals surface area contributed by atoms with Crippen LogP contribution in [0.5, 0.6) is 0 Å². The van der Waals surface area contributed by atoms with E-state index in [1.165, 1.54) is 0 Å². The monoisotopic (exact) mass is 384 g/mol. The summed E-state index contributed by atoms with van der Waals surface area (Å²) in [6.45, 7) is 0.118. The van der Waals surface area contributed by atoms with Gasteiger partial charge in [-0.15, -0.1) is 0 Å². The van der Waals surface area contributed by atoms with Crippen LogP contribution in [-0.4, -0.2) is 18.5 Å². The van der Waals surface area contributed by atoms with Gasteiger partial charge in [-0.2, -0.15) is 5.26 Å². The van der Waals surface area contributed by atoms with E-state index in [-0.39, 0.29) is 19.0 Å². The molecule has 1 aromatic rings. The van der Waals surface area contributed by atoms with Crippen molar-refractivity contribution < 1.29 is 14.3 Å². The lowest BCUT2D eigenvalue weighted by Gasteiger charge is -2.16. The number of ether oxygens (including phenoxy) is 1. The summed E-state index contributed by atoms with van der Waals surface area (Å²) in [5, 5.41) is 8.45. The van der Waals surface area contributed by atoms with E-state index in [0.717, 1.165) is 22.0 Å². The Morgan fingerprint density at radius 3 is 2.65 bits per heavy atom. The first-order valence-corrected chi connectivity index (χ1v) is 7.23. The second-order valence-electron chi connectivity index (χ2n) is 4.69. The number of carbonyl (C=O) groups excluding carboxylic acids is 2. The van der Waals surface area contributed by atoms with E-state index < -0.39 is 11.3 Å². The molecule has 0 heterocycles. The molecule has 2 rings (SSSR count). The van der Waals surface area contributed by atoms with Crippen LogP contribution >= 0.6 is 22.6 Å². The first-order valence-electron chi connectivity index (χ1n) is 6.15. The lowest BCUT2D eigenvalue weighted by Crippen LogP contribution is -2.25. The van der Waals surface area contributed by atoms with Gasteiger partial charge in [0.2, 0.25) is 5.91 Å². The van der Waals surface area contributed by atoms with Crippen LogP contribution in [-0.2, 0) is 14.9 Å². The van der Waals surface area contributed by atoms with Crippen molar-refractivity contribution >= 4 is 34.5 Å². The largest absolute Gasteiger partial charge is 0.464 e. The van der Waals surface area contributed by atoms with Crippen molar-refractivity contribution in [3.8, 4) is 6.07 Å². The number of esters is 1. The fourth-order valence-electron chi connectivity index (χ4n) is 2.09. The summed E-state index contributed by atoms with van der Waals surface area (Å²) in [7, 11) is 0. The number of nitrogens with two attached hydrogens (primary N) is 1. The van der Waals surface area contributed by atoms with E-state index in [1.54, 1.807) is 18.2 Å². The molecule has 0 atom stereocenters. The summed E-state index contributed by atoms with van der Waals surface area (Å²) in [6.07, 6.45) is 1.65. The topological polar surface area (TPSA) is 93.2 Å². The fraction of sp³-hybridized carbons (Fsp3) is 0.357. The van der Waals surface area contributed by atoms with Crippen LogP contribution in [0.1, 0.15) is 35.2 Å². The van der Waals surface area contributed by atoms with E-state index in [9.17, 15) is 9.59 Å².